The van der Waals surface area contributed by atoms with E-state index < -0.39 is 22.8 Å². The van der Waals surface area contributed by atoms with Crippen LogP contribution in [0.4, 0.5) is 17.6 Å². The fourth-order valence-corrected chi connectivity index (χ4v) is 0.639. The van der Waals surface area contributed by atoms with Crippen molar-refractivity contribution in [2.75, 3.05) is 0 Å². The Balaban J connectivity index is 5.00. The van der Waals surface area contributed by atoms with E-state index in [1.165, 1.54) is 0 Å². The van der Waals surface area contributed by atoms with Gasteiger partial charge in [0.15, 0.2) is 0 Å². The van der Waals surface area contributed by atoms with Crippen LogP contribution >= 0.6 is 23.2 Å². The maximum atomic E-state index is 12.5. The summed E-state index contributed by atoms with van der Waals surface area (Å²) in [6.07, 6.45) is -3.85. The lowest BCUT2D eigenvalue weighted by molar-refractivity contribution is -0.189. The number of ether oxygens (including phenoxy) is 1. The predicted octanol–water partition coefficient (Wildman–Crippen LogP) is 3.14. The molecule has 0 amide bonds. The molecule has 0 N–H and O–H groups in total. The number of carbonyl (C=O) groups is 1. The molecule has 0 heterocycles. The molecular formula is C7H6Cl2F4O2. The van der Waals surface area contributed by atoms with E-state index in [0.29, 0.717) is 0 Å². The largest absolute Gasteiger partial charge is 0.425 e. The van der Waals surface area contributed by atoms with Crippen molar-refractivity contribution >= 4 is 29.2 Å². The maximum absolute atomic E-state index is 12.5. The average Bonchev–Trinajstić information content (AvgIpc) is 2.01. The summed E-state index contributed by atoms with van der Waals surface area (Å²) in [5.41, 5.74) is -0.360. The molecular weight excluding hydrogens is 263 g/mol. The second-order valence-electron chi connectivity index (χ2n) is 2.61. The van der Waals surface area contributed by atoms with E-state index in [0.717, 1.165) is 6.92 Å². The highest BCUT2D eigenvalue weighted by molar-refractivity contribution is 6.33. The third-order valence-corrected chi connectivity index (χ3v) is 2.11. The minimum absolute atomic E-state index is 0.360. The number of halogens is 6. The first kappa shape index (κ1) is 14.5. The number of esters is 1. The summed E-state index contributed by atoms with van der Waals surface area (Å²) in [5, 5.41) is -8.50. The van der Waals surface area contributed by atoms with E-state index in [1.807, 2.05) is 0 Å². The topological polar surface area (TPSA) is 26.3 Å². The van der Waals surface area contributed by atoms with Crippen LogP contribution in [0.15, 0.2) is 12.2 Å². The molecule has 1 unspecified atom stereocenters. The quantitative estimate of drug-likeness (QED) is 0.339. The smallest absolute Gasteiger partial charge is 0.380 e. The lowest BCUT2D eigenvalue weighted by Gasteiger charge is -2.29. The van der Waals surface area contributed by atoms with Crippen LogP contribution in [-0.2, 0) is 9.53 Å². The van der Waals surface area contributed by atoms with Crippen LogP contribution in [0, 0.1) is 0 Å². The molecule has 2 nitrogen and oxygen atoms in total. The van der Waals surface area contributed by atoms with E-state index >= 15 is 0 Å². The summed E-state index contributed by atoms with van der Waals surface area (Å²) in [5.74, 6) is -1.48. The minimum Gasteiger partial charge on any atom is -0.425 e. The Kier molecular flexibility index (Phi) is 4.42. The number of hydrogen-bond acceptors (Lipinski definition) is 2. The van der Waals surface area contributed by atoms with Gasteiger partial charge in [0, 0.05) is 5.57 Å². The molecule has 0 aliphatic rings. The molecule has 8 heteroatoms. The minimum atomic E-state index is -4.60. The number of rotatable bonds is 4. The third kappa shape index (κ3) is 3.24. The number of hydrogen-bond donors (Lipinski definition) is 0. The fourth-order valence-electron chi connectivity index (χ4n) is 0.448. The van der Waals surface area contributed by atoms with E-state index in [9.17, 15) is 22.4 Å². The highest BCUT2D eigenvalue weighted by atomic mass is 35.5. The third-order valence-electron chi connectivity index (χ3n) is 1.26. The molecule has 0 aliphatic carbocycles. The molecule has 0 aliphatic heterocycles. The van der Waals surface area contributed by atoms with Crippen LogP contribution in [-0.4, -0.2) is 22.8 Å². The Bertz CT molecular complexity index is 277. The standard InChI is InChI=1S/C7H6Cl2F4O2/c1-3(2)4(14)15-6(8,5(10)11)7(9,12)13/h5H,1H2,2H3. The molecule has 0 radical (unpaired) electrons. The van der Waals surface area contributed by atoms with Crippen molar-refractivity contribution in [2.45, 2.75) is 23.8 Å². The second-order valence-corrected chi connectivity index (χ2v) is 3.65. The van der Waals surface area contributed by atoms with E-state index in [-0.39, 0.29) is 5.57 Å². The van der Waals surface area contributed by atoms with Gasteiger partial charge in [0.25, 0.3) is 6.43 Å². The van der Waals surface area contributed by atoms with Crippen LogP contribution in [0.3, 0.4) is 0 Å². The molecule has 88 valence electrons. The molecule has 0 saturated carbocycles. The summed E-state index contributed by atoms with van der Waals surface area (Å²) in [6.45, 7) is 4.10. The summed E-state index contributed by atoms with van der Waals surface area (Å²) in [7, 11) is 0. The lowest BCUT2D eigenvalue weighted by atomic mass is 10.3. The van der Waals surface area contributed by atoms with Gasteiger partial charge in [0.05, 0.1) is 0 Å². The van der Waals surface area contributed by atoms with Gasteiger partial charge in [-0.3, -0.25) is 0 Å². The summed E-state index contributed by atoms with van der Waals surface area (Å²) in [6, 6.07) is 0. The van der Waals surface area contributed by atoms with Gasteiger partial charge in [-0.15, -0.1) is 0 Å². The van der Waals surface area contributed by atoms with Gasteiger partial charge in [-0.1, -0.05) is 18.2 Å². The maximum Gasteiger partial charge on any atom is 0.380 e. The Morgan fingerprint density at radius 2 is 1.80 bits per heavy atom. The Morgan fingerprint density at radius 3 is 2.00 bits per heavy atom. The van der Waals surface area contributed by atoms with Gasteiger partial charge in [-0.2, -0.15) is 8.78 Å². The molecule has 0 saturated heterocycles. The van der Waals surface area contributed by atoms with Crippen LogP contribution in [0.5, 0.6) is 0 Å². The monoisotopic (exact) mass is 268 g/mol. The molecule has 15 heavy (non-hydrogen) atoms. The van der Waals surface area contributed by atoms with Crippen LogP contribution in [0.2, 0.25) is 0 Å². The van der Waals surface area contributed by atoms with Gasteiger partial charge >= 0.3 is 16.4 Å². The molecule has 0 rings (SSSR count). The molecule has 0 aromatic heterocycles. The first-order valence-corrected chi connectivity index (χ1v) is 4.20. The number of alkyl halides is 6. The van der Waals surface area contributed by atoms with Crippen molar-refractivity contribution in [1.29, 1.82) is 0 Å². The van der Waals surface area contributed by atoms with E-state index in [2.05, 4.69) is 22.9 Å². The van der Waals surface area contributed by atoms with Crippen molar-refractivity contribution in [3.8, 4) is 0 Å². The number of carbonyl (C=O) groups excluding carboxylic acids is 1. The second kappa shape index (κ2) is 4.57. The first-order valence-electron chi connectivity index (χ1n) is 3.45. The normalized spacial score (nSPS) is 16.0. The van der Waals surface area contributed by atoms with Gasteiger partial charge in [0.2, 0.25) is 0 Å². The molecule has 0 fully saturated rings. The van der Waals surface area contributed by atoms with Crippen LogP contribution in [0.1, 0.15) is 6.92 Å². The van der Waals surface area contributed by atoms with Gasteiger partial charge < -0.3 is 4.74 Å². The predicted molar refractivity (Wildman–Crippen MR) is 46.3 cm³/mol. The van der Waals surface area contributed by atoms with Crippen molar-refractivity contribution < 1.29 is 27.1 Å². The first-order chi connectivity index (χ1) is 6.52. The van der Waals surface area contributed by atoms with Crippen molar-refractivity contribution in [3.05, 3.63) is 12.2 Å². The van der Waals surface area contributed by atoms with Gasteiger partial charge in [-0.25, -0.2) is 13.6 Å². The van der Waals surface area contributed by atoms with Crippen molar-refractivity contribution in [3.63, 3.8) is 0 Å². The summed E-state index contributed by atoms with van der Waals surface area (Å²) < 4.78 is 53.1. The highest BCUT2D eigenvalue weighted by Crippen LogP contribution is 2.44. The Hall–Kier alpha value is -0.490. The van der Waals surface area contributed by atoms with Gasteiger partial charge in [-0.05, 0) is 18.5 Å². The molecule has 1 atom stereocenters. The average molecular weight is 269 g/mol. The van der Waals surface area contributed by atoms with Crippen molar-refractivity contribution in [1.82, 2.24) is 0 Å². The zero-order valence-corrected chi connectivity index (χ0v) is 8.88. The zero-order valence-electron chi connectivity index (χ0n) is 7.37. The molecule has 0 spiro atoms. The summed E-state index contributed by atoms with van der Waals surface area (Å²) >= 11 is 9.11. The van der Waals surface area contributed by atoms with Crippen LogP contribution in [0.25, 0.3) is 0 Å². The lowest BCUT2D eigenvalue weighted by Crippen LogP contribution is -2.49. The zero-order chi connectivity index (χ0) is 12.4. The van der Waals surface area contributed by atoms with E-state index in [4.69, 9.17) is 11.6 Å². The highest BCUT2D eigenvalue weighted by Gasteiger charge is 2.62. The SMILES string of the molecule is C=C(C)C(=O)OC(Cl)(C(F)F)C(F)(F)Cl. The van der Waals surface area contributed by atoms with E-state index in [1.54, 1.807) is 0 Å². The van der Waals surface area contributed by atoms with Crippen LogP contribution < -0.4 is 0 Å². The molecule has 0 aromatic rings. The fraction of sp³-hybridized carbons (Fsp3) is 0.571. The Morgan fingerprint density at radius 1 is 1.40 bits per heavy atom. The van der Waals surface area contributed by atoms with Crippen molar-refractivity contribution in [2.24, 2.45) is 0 Å². The summed E-state index contributed by atoms with van der Waals surface area (Å²) in [4.78, 5) is 10.8. The molecule has 0 bridgehead atoms. The van der Waals surface area contributed by atoms with Gasteiger partial charge in [0.1, 0.15) is 0 Å². The Labute approximate surface area is 92.8 Å². The molecule has 0 aromatic carbocycles.